The lowest BCUT2D eigenvalue weighted by Crippen LogP contribution is -2.35. The van der Waals surface area contributed by atoms with Gasteiger partial charge in [0.15, 0.2) is 0 Å². The summed E-state index contributed by atoms with van der Waals surface area (Å²) in [6.45, 7) is 6.99. The molecule has 3 atom stereocenters. The highest BCUT2D eigenvalue weighted by Gasteiger charge is 2.44. The molecule has 19 heavy (non-hydrogen) atoms. The van der Waals surface area contributed by atoms with Crippen molar-refractivity contribution < 1.29 is 5.11 Å². The Labute approximate surface area is 116 Å². The molecule has 0 bridgehead atoms. The van der Waals surface area contributed by atoms with Crippen LogP contribution >= 0.6 is 0 Å². The summed E-state index contributed by atoms with van der Waals surface area (Å²) in [5, 5.41) is 10.9. The van der Waals surface area contributed by atoms with Crippen molar-refractivity contribution in [2.24, 2.45) is 17.1 Å². The van der Waals surface area contributed by atoms with Gasteiger partial charge in [-0.3, -0.25) is 0 Å². The van der Waals surface area contributed by atoms with Crippen molar-refractivity contribution >= 4 is 0 Å². The first kappa shape index (κ1) is 14.5. The molecule has 0 aliphatic heterocycles. The van der Waals surface area contributed by atoms with Gasteiger partial charge < -0.3 is 15.4 Å². The Hall–Kier alpha value is -0.870. The fourth-order valence-electron chi connectivity index (χ4n) is 3.44. The molecule has 1 aromatic heterocycles. The summed E-state index contributed by atoms with van der Waals surface area (Å²) in [5.74, 6) is 0.702. The number of nitrogens with zero attached hydrogens (tertiary/aromatic N) is 2. The third-order valence-electron chi connectivity index (χ3n) is 4.84. The first-order valence-corrected chi connectivity index (χ1v) is 7.44. The molecule has 2 rings (SSSR count). The third kappa shape index (κ3) is 2.56. The summed E-state index contributed by atoms with van der Waals surface area (Å²) < 4.78 is 2.06. The molecule has 108 valence electrons. The van der Waals surface area contributed by atoms with E-state index in [1.54, 1.807) is 12.5 Å². The molecule has 1 aliphatic rings. The number of hydrogen-bond donors (Lipinski definition) is 2. The van der Waals surface area contributed by atoms with Crippen LogP contribution < -0.4 is 5.73 Å². The predicted molar refractivity (Wildman–Crippen MR) is 76.7 cm³/mol. The Morgan fingerprint density at radius 1 is 1.58 bits per heavy atom. The van der Waals surface area contributed by atoms with Crippen LogP contribution in [-0.4, -0.2) is 21.2 Å². The number of nitrogens with two attached hydrogens (primary N) is 1. The predicted octanol–water partition coefficient (Wildman–Crippen LogP) is 2.65. The van der Waals surface area contributed by atoms with Crippen LogP contribution in [0.1, 0.15) is 64.3 Å². The van der Waals surface area contributed by atoms with Gasteiger partial charge in [-0.15, -0.1) is 0 Å². The Morgan fingerprint density at radius 2 is 2.32 bits per heavy atom. The second-order valence-electron chi connectivity index (χ2n) is 6.31. The number of aliphatic hydroxyl groups excluding tert-OH is 1. The van der Waals surface area contributed by atoms with Crippen molar-refractivity contribution in [3.05, 3.63) is 18.2 Å². The van der Waals surface area contributed by atoms with E-state index in [1.807, 2.05) is 0 Å². The molecule has 0 amide bonds. The van der Waals surface area contributed by atoms with Gasteiger partial charge >= 0.3 is 0 Å². The van der Waals surface area contributed by atoms with Crippen LogP contribution in [0, 0.1) is 11.3 Å². The number of rotatable bonds is 5. The van der Waals surface area contributed by atoms with Gasteiger partial charge in [0.05, 0.1) is 18.2 Å². The van der Waals surface area contributed by atoms with E-state index in [4.69, 9.17) is 5.73 Å². The maximum Gasteiger partial charge on any atom is 0.102 e. The summed E-state index contributed by atoms with van der Waals surface area (Å²) in [6, 6.07) is 0.311. The summed E-state index contributed by atoms with van der Waals surface area (Å²) in [7, 11) is 0. The van der Waals surface area contributed by atoms with E-state index in [9.17, 15) is 5.11 Å². The fourth-order valence-corrected chi connectivity index (χ4v) is 3.44. The lowest BCUT2D eigenvalue weighted by atomic mass is 9.78. The number of aliphatic hydroxyl groups is 1. The average Bonchev–Trinajstić information content (AvgIpc) is 3.05. The molecule has 1 heterocycles. The molecule has 4 nitrogen and oxygen atoms in total. The molecule has 0 aromatic carbocycles. The highest BCUT2D eigenvalue weighted by atomic mass is 16.3. The van der Waals surface area contributed by atoms with E-state index in [0.29, 0.717) is 18.5 Å². The van der Waals surface area contributed by atoms with E-state index in [-0.39, 0.29) is 5.41 Å². The topological polar surface area (TPSA) is 64.1 Å². The van der Waals surface area contributed by atoms with E-state index >= 15 is 0 Å². The summed E-state index contributed by atoms with van der Waals surface area (Å²) in [6.07, 6.45) is 7.51. The quantitative estimate of drug-likeness (QED) is 0.860. The van der Waals surface area contributed by atoms with Crippen LogP contribution in [0.5, 0.6) is 0 Å². The van der Waals surface area contributed by atoms with Crippen LogP contribution in [0.4, 0.5) is 0 Å². The highest BCUT2D eigenvalue weighted by molar-refractivity contribution is 5.11. The van der Waals surface area contributed by atoms with Crippen molar-refractivity contribution in [1.82, 2.24) is 9.55 Å². The Balaban J connectivity index is 2.26. The number of imidazole rings is 1. The van der Waals surface area contributed by atoms with Gasteiger partial charge in [-0.1, -0.05) is 13.3 Å². The molecule has 1 saturated carbocycles. The van der Waals surface area contributed by atoms with Gasteiger partial charge in [-0.25, -0.2) is 4.98 Å². The van der Waals surface area contributed by atoms with Crippen LogP contribution in [0.25, 0.3) is 0 Å². The summed E-state index contributed by atoms with van der Waals surface area (Å²) in [4.78, 5) is 4.20. The Bertz CT molecular complexity index is 415. The second-order valence-corrected chi connectivity index (χ2v) is 6.31. The van der Waals surface area contributed by atoms with E-state index in [0.717, 1.165) is 18.5 Å². The minimum absolute atomic E-state index is 0.159. The zero-order chi connectivity index (χ0) is 14.0. The van der Waals surface area contributed by atoms with Gasteiger partial charge in [0.1, 0.15) is 6.10 Å². The summed E-state index contributed by atoms with van der Waals surface area (Å²) >= 11 is 0. The van der Waals surface area contributed by atoms with E-state index in [2.05, 4.69) is 30.3 Å². The smallest absolute Gasteiger partial charge is 0.102 e. The van der Waals surface area contributed by atoms with Crippen molar-refractivity contribution in [3.8, 4) is 0 Å². The minimum Gasteiger partial charge on any atom is -0.386 e. The van der Waals surface area contributed by atoms with Gasteiger partial charge in [-0.2, -0.15) is 0 Å². The van der Waals surface area contributed by atoms with Gasteiger partial charge in [0, 0.05) is 18.0 Å². The molecule has 1 fully saturated rings. The SMILES string of the molecule is CCC1CCC(CN)(C(O)c2cncn2C(C)C)C1. The largest absolute Gasteiger partial charge is 0.386 e. The Kier molecular flexibility index (Phi) is 4.31. The number of hydrogen-bond acceptors (Lipinski definition) is 3. The molecule has 3 unspecified atom stereocenters. The van der Waals surface area contributed by atoms with Crippen LogP contribution in [-0.2, 0) is 0 Å². The van der Waals surface area contributed by atoms with Gasteiger partial charge in [0.25, 0.3) is 0 Å². The molecule has 0 saturated heterocycles. The third-order valence-corrected chi connectivity index (χ3v) is 4.84. The summed E-state index contributed by atoms with van der Waals surface area (Å²) in [5.41, 5.74) is 6.78. The number of aromatic nitrogens is 2. The van der Waals surface area contributed by atoms with Gasteiger partial charge in [0.2, 0.25) is 0 Å². The maximum absolute atomic E-state index is 10.9. The standard InChI is InChI=1S/C15H27N3O/c1-4-12-5-6-15(7-12,9-16)14(19)13-8-17-10-18(13)11(2)3/h8,10-12,14,19H,4-7,9,16H2,1-3H3. The molecular formula is C15H27N3O. The van der Waals surface area contributed by atoms with E-state index < -0.39 is 6.10 Å². The molecule has 0 spiro atoms. The van der Waals surface area contributed by atoms with Gasteiger partial charge in [-0.05, 0) is 39.0 Å². The van der Waals surface area contributed by atoms with Crippen molar-refractivity contribution in [1.29, 1.82) is 0 Å². The first-order chi connectivity index (χ1) is 9.04. The van der Waals surface area contributed by atoms with Crippen molar-refractivity contribution in [3.63, 3.8) is 0 Å². The molecule has 1 aliphatic carbocycles. The van der Waals surface area contributed by atoms with E-state index in [1.165, 1.54) is 12.8 Å². The van der Waals surface area contributed by atoms with Crippen LogP contribution in [0.15, 0.2) is 12.5 Å². The van der Waals surface area contributed by atoms with Crippen LogP contribution in [0.3, 0.4) is 0 Å². The normalized spacial score (nSPS) is 29.1. The van der Waals surface area contributed by atoms with Crippen LogP contribution in [0.2, 0.25) is 0 Å². The van der Waals surface area contributed by atoms with Crippen molar-refractivity contribution in [2.75, 3.05) is 6.54 Å². The molecular weight excluding hydrogens is 238 g/mol. The minimum atomic E-state index is -0.501. The highest BCUT2D eigenvalue weighted by Crippen LogP contribution is 2.50. The lowest BCUT2D eigenvalue weighted by molar-refractivity contribution is 0.0234. The molecule has 1 aromatic rings. The van der Waals surface area contributed by atoms with Crippen molar-refractivity contribution in [2.45, 2.75) is 58.6 Å². The monoisotopic (exact) mass is 265 g/mol. The molecule has 4 heteroatoms. The zero-order valence-electron chi connectivity index (χ0n) is 12.3. The molecule has 3 N–H and O–H groups in total. The average molecular weight is 265 g/mol. The maximum atomic E-state index is 10.9. The zero-order valence-corrected chi connectivity index (χ0v) is 12.3. The fraction of sp³-hybridized carbons (Fsp3) is 0.800. The molecule has 0 radical (unpaired) electrons. The Morgan fingerprint density at radius 3 is 2.84 bits per heavy atom. The lowest BCUT2D eigenvalue weighted by Gasteiger charge is -2.34. The first-order valence-electron chi connectivity index (χ1n) is 7.44. The second kappa shape index (κ2) is 5.63.